The highest BCUT2D eigenvalue weighted by Crippen LogP contribution is 2.23. The summed E-state index contributed by atoms with van der Waals surface area (Å²) >= 11 is 0. The Hall–Kier alpha value is -3.55. The molecule has 0 aliphatic heterocycles. The predicted octanol–water partition coefficient (Wildman–Crippen LogP) is 1.70. The van der Waals surface area contributed by atoms with Crippen LogP contribution in [0.25, 0.3) is 10.9 Å². The summed E-state index contributed by atoms with van der Waals surface area (Å²) in [6.07, 6.45) is 0. The van der Waals surface area contributed by atoms with E-state index in [1.165, 1.54) is 6.92 Å². The number of nitrogens with one attached hydrogen (secondary N) is 2. The number of rotatable bonds is 4. The third kappa shape index (κ3) is 3.59. The Labute approximate surface area is 148 Å². The molecule has 26 heavy (non-hydrogen) atoms. The van der Waals surface area contributed by atoms with E-state index in [1.54, 1.807) is 49.4 Å². The minimum atomic E-state index is -0.417. The number of benzene rings is 2. The molecular weight excluding hydrogens is 334 g/mol. The normalized spacial score (nSPS) is 10.5. The monoisotopic (exact) mass is 351 g/mol. The predicted molar refractivity (Wildman–Crippen MR) is 97.9 cm³/mol. The first-order valence-electron chi connectivity index (χ1n) is 7.95. The molecule has 0 unspecified atom stereocenters. The van der Waals surface area contributed by atoms with E-state index in [0.29, 0.717) is 27.8 Å². The van der Waals surface area contributed by atoms with Gasteiger partial charge in [-0.3, -0.25) is 14.4 Å². The summed E-state index contributed by atoms with van der Waals surface area (Å²) in [4.78, 5) is 36.0. The second-order valence-corrected chi connectivity index (χ2v) is 5.78. The summed E-state index contributed by atoms with van der Waals surface area (Å²) in [7, 11) is 0. The van der Waals surface area contributed by atoms with Crippen LogP contribution in [0, 0.1) is 6.92 Å². The van der Waals surface area contributed by atoms with Crippen LogP contribution in [0.4, 0.5) is 11.4 Å². The molecule has 132 valence electrons. The van der Waals surface area contributed by atoms with Gasteiger partial charge in [0.2, 0.25) is 11.8 Å². The number of hydrogen-bond donors (Lipinski definition) is 2. The van der Waals surface area contributed by atoms with Crippen LogP contribution in [0.15, 0.2) is 47.3 Å². The lowest BCUT2D eigenvalue weighted by molar-refractivity contribution is -0.117. The van der Waals surface area contributed by atoms with Crippen LogP contribution < -0.4 is 16.2 Å². The highest BCUT2D eigenvalue weighted by molar-refractivity contribution is 5.95. The summed E-state index contributed by atoms with van der Waals surface area (Å²) in [5, 5.41) is 13.6. The number of amides is 2. The summed E-state index contributed by atoms with van der Waals surface area (Å²) in [5.41, 5.74) is 1.97. The van der Waals surface area contributed by atoms with Gasteiger partial charge in [-0.25, -0.2) is 4.68 Å². The maximum absolute atomic E-state index is 12.4. The molecule has 0 aliphatic carbocycles. The Morgan fingerprint density at radius 1 is 1.04 bits per heavy atom. The zero-order valence-corrected chi connectivity index (χ0v) is 14.3. The molecule has 0 radical (unpaired) electrons. The van der Waals surface area contributed by atoms with Crippen LogP contribution in [-0.4, -0.2) is 26.8 Å². The van der Waals surface area contributed by atoms with Gasteiger partial charge in [0.25, 0.3) is 5.56 Å². The Morgan fingerprint density at radius 2 is 1.73 bits per heavy atom. The molecule has 2 aromatic carbocycles. The van der Waals surface area contributed by atoms with Gasteiger partial charge >= 0.3 is 0 Å². The van der Waals surface area contributed by atoms with Crippen molar-refractivity contribution in [2.75, 3.05) is 10.6 Å². The van der Waals surface area contributed by atoms with Crippen molar-refractivity contribution < 1.29 is 9.59 Å². The molecule has 8 heteroatoms. The number of fused-ring (bicyclic) bond motifs is 1. The lowest BCUT2D eigenvalue weighted by Crippen LogP contribution is -2.30. The molecule has 0 fully saturated rings. The van der Waals surface area contributed by atoms with Gasteiger partial charge in [0, 0.05) is 18.3 Å². The van der Waals surface area contributed by atoms with Gasteiger partial charge in [-0.15, -0.1) is 5.10 Å². The lowest BCUT2D eigenvalue weighted by Gasteiger charge is -2.13. The number of anilines is 2. The van der Waals surface area contributed by atoms with Crippen molar-refractivity contribution >= 4 is 34.1 Å². The fourth-order valence-corrected chi connectivity index (χ4v) is 2.55. The molecule has 3 rings (SSSR count). The zero-order valence-electron chi connectivity index (χ0n) is 14.3. The molecule has 2 N–H and O–H groups in total. The van der Waals surface area contributed by atoms with Gasteiger partial charge in [0.1, 0.15) is 12.1 Å². The first kappa shape index (κ1) is 17.3. The summed E-state index contributed by atoms with van der Waals surface area (Å²) in [6.45, 7) is 2.93. The highest BCUT2D eigenvalue weighted by Gasteiger charge is 2.12. The van der Waals surface area contributed by atoms with E-state index >= 15 is 0 Å². The fraction of sp³-hybridized carbons (Fsp3) is 0.167. The van der Waals surface area contributed by atoms with Crippen molar-refractivity contribution in [3.63, 3.8) is 0 Å². The van der Waals surface area contributed by atoms with E-state index in [0.717, 1.165) is 4.68 Å². The van der Waals surface area contributed by atoms with E-state index in [4.69, 9.17) is 0 Å². The summed E-state index contributed by atoms with van der Waals surface area (Å²) < 4.78 is 1.02. The molecule has 8 nitrogen and oxygen atoms in total. The maximum Gasteiger partial charge on any atom is 0.278 e. The molecular formula is C18H17N5O3. The first-order valence-corrected chi connectivity index (χ1v) is 7.95. The zero-order chi connectivity index (χ0) is 18.7. The molecule has 0 atom stereocenters. The standard InChI is InChI=1S/C18H17N5O3/c1-11-14(19-12(2)24)8-5-9-15(11)20-17(25)10-23-18(26)13-6-3-4-7-16(13)21-22-23/h3-9H,10H2,1-2H3,(H,19,24)(H,20,25). The third-order valence-corrected chi connectivity index (χ3v) is 3.84. The van der Waals surface area contributed by atoms with Crippen molar-refractivity contribution in [2.24, 2.45) is 0 Å². The minimum Gasteiger partial charge on any atom is -0.326 e. The third-order valence-electron chi connectivity index (χ3n) is 3.84. The van der Waals surface area contributed by atoms with E-state index in [-0.39, 0.29) is 18.0 Å². The average molecular weight is 351 g/mol. The molecule has 3 aromatic rings. The van der Waals surface area contributed by atoms with Crippen molar-refractivity contribution in [3.8, 4) is 0 Å². The quantitative estimate of drug-likeness (QED) is 0.744. The molecule has 0 saturated carbocycles. The number of carbonyl (C=O) groups excluding carboxylic acids is 2. The lowest BCUT2D eigenvalue weighted by atomic mass is 10.1. The van der Waals surface area contributed by atoms with Crippen LogP contribution in [0.3, 0.4) is 0 Å². The van der Waals surface area contributed by atoms with Gasteiger partial charge in [-0.05, 0) is 36.8 Å². The van der Waals surface area contributed by atoms with Crippen molar-refractivity contribution in [2.45, 2.75) is 20.4 Å². The summed E-state index contributed by atoms with van der Waals surface area (Å²) in [5.74, 6) is -0.616. The van der Waals surface area contributed by atoms with E-state index in [9.17, 15) is 14.4 Å². The second kappa shape index (κ2) is 7.14. The molecule has 0 aliphatic rings. The largest absolute Gasteiger partial charge is 0.326 e. The fourth-order valence-electron chi connectivity index (χ4n) is 2.55. The SMILES string of the molecule is CC(=O)Nc1cccc(NC(=O)Cn2nnc3ccccc3c2=O)c1C. The Kier molecular flexibility index (Phi) is 4.74. The van der Waals surface area contributed by atoms with E-state index in [2.05, 4.69) is 20.9 Å². The van der Waals surface area contributed by atoms with Crippen LogP contribution >= 0.6 is 0 Å². The molecule has 0 saturated heterocycles. The van der Waals surface area contributed by atoms with Crippen LogP contribution in [0.5, 0.6) is 0 Å². The van der Waals surface area contributed by atoms with Gasteiger partial charge < -0.3 is 10.6 Å². The Morgan fingerprint density at radius 3 is 2.46 bits per heavy atom. The van der Waals surface area contributed by atoms with Gasteiger partial charge in [0.05, 0.1) is 5.39 Å². The van der Waals surface area contributed by atoms with Crippen LogP contribution in [-0.2, 0) is 16.1 Å². The summed E-state index contributed by atoms with van der Waals surface area (Å²) in [6, 6.07) is 12.0. The van der Waals surface area contributed by atoms with Gasteiger partial charge in [-0.1, -0.05) is 23.4 Å². The van der Waals surface area contributed by atoms with Crippen LogP contribution in [0.1, 0.15) is 12.5 Å². The number of carbonyl (C=O) groups is 2. The van der Waals surface area contributed by atoms with Crippen molar-refractivity contribution in [1.29, 1.82) is 0 Å². The van der Waals surface area contributed by atoms with Crippen molar-refractivity contribution in [3.05, 3.63) is 58.4 Å². The molecule has 1 aromatic heterocycles. The molecule has 0 spiro atoms. The number of nitrogens with zero attached hydrogens (tertiary/aromatic N) is 3. The molecule has 1 heterocycles. The maximum atomic E-state index is 12.4. The van der Waals surface area contributed by atoms with Crippen LogP contribution in [0.2, 0.25) is 0 Å². The minimum absolute atomic E-state index is 0.199. The van der Waals surface area contributed by atoms with E-state index < -0.39 is 5.91 Å². The number of hydrogen-bond acceptors (Lipinski definition) is 5. The Bertz CT molecular complexity index is 1060. The average Bonchev–Trinajstić information content (AvgIpc) is 2.61. The first-order chi connectivity index (χ1) is 12.5. The highest BCUT2D eigenvalue weighted by atomic mass is 16.2. The topological polar surface area (TPSA) is 106 Å². The smallest absolute Gasteiger partial charge is 0.278 e. The Balaban J connectivity index is 1.81. The molecule has 2 amide bonds. The van der Waals surface area contributed by atoms with Gasteiger partial charge in [-0.2, -0.15) is 0 Å². The number of aromatic nitrogens is 3. The van der Waals surface area contributed by atoms with Crippen molar-refractivity contribution in [1.82, 2.24) is 15.0 Å². The second-order valence-electron chi connectivity index (χ2n) is 5.78. The van der Waals surface area contributed by atoms with E-state index in [1.807, 2.05) is 0 Å². The molecule has 0 bridgehead atoms. The van der Waals surface area contributed by atoms with Gasteiger partial charge in [0.15, 0.2) is 0 Å².